The minimum absolute atomic E-state index is 0.0834. The summed E-state index contributed by atoms with van der Waals surface area (Å²) in [5.74, 6) is 1.59. The van der Waals surface area contributed by atoms with Gasteiger partial charge in [0.05, 0.1) is 17.8 Å². The van der Waals surface area contributed by atoms with Crippen molar-refractivity contribution in [2.24, 2.45) is 0 Å². The third-order valence-electron chi connectivity index (χ3n) is 7.27. The molecule has 1 aliphatic heterocycles. The molecule has 2 aromatic heterocycles. The lowest BCUT2D eigenvalue weighted by Gasteiger charge is -2.28. The van der Waals surface area contributed by atoms with E-state index in [2.05, 4.69) is 84.1 Å². The lowest BCUT2D eigenvalue weighted by atomic mass is 9.96. The fraction of sp³-hybridized carbons (Fsp3) is 0.152. The Kier molecular flexibility index (Phi) is 6.63. The smallest absolute Gasteiger partial charge is 0.174 e. The van der Waals surface area contributed by atoms with Crippen LogP contribution in [0.25, 0.3) is 5.69 Å². The van der Waals surface area contributed by atoms with Gasteiger partial charge in [-0.3, -0.25) is 4.98 Å². The second-order valence-electron chi connectivity index (χ2n) is 9.90. The van der Waals surface area contributed by atoms with Gasteiger partial charge in [0.15, 0.2) is 5.11 Å². The van der Waals surface area contributed by atoms with Crippen LogP contribution in [0.2, 0.25) is 0 Å². The number of hydrogen-bond acceptors (Lipinski definition) is 3. The number of rotatable bonds is 6. The van der Waals surface area contributed by atoms with E-state index in [0.717, 1.165) is 28.6 Å². The number of aromatic nitrogens is 2. The number of hydrogen-bond donors (Lipinski definition) is 1. The van der Waals surface area contributed by atoms with E-state index in [0.29, 0.717) is 5.11 Å². The highest BCUT2D eigenvalue weighted by Crippen LogP contribution is 2.44. The van der Waals surface area contributed by atoms with Crippen molar-refractivity contribution in [2.45, 2.75) is 32.9 Å². The Labute approximate surface area is 234 Å². The van der Waals surface area contributed by atoms with Crippen molar-refractivity contribution in [3.8, 4) is 17.2 Å². The molecule has 0 spiro atoms. The van der Waals surface area contributed by atoms with Gasteiger partial charge in [0, 0.05) is 29.0 Å². The van der Waals surface area contributed by atoms with Crippen molar-refractivity contribution in [1.29, 1.82) is 0 Å². The lowest BCUT2D eigenvalue weighted by molar-refractivity contribution is 0.482. The molecule has 1 N–H and O–H groups in total. The van der Waals surface area contributed by atoms with Gasteiger partial charge in [0.1, 0.15) is 11.5 Å². The number of thiocarbonyl (C=S) groups is 1. The zero-order chi connectivity index (χ0) is 26.9. The van der Waals surface area contributed by atoms with Gasteiger partial charge in [-0.1, -0.05) is 42.0 Å². The van der Waals surface area contributed by atoms with Gasteiger partial charge in [-0.15, -0.1) is 0 Å². The molecule has 1 saturated heterocycles. The normalized spacial score (nSPS) is 16.8. The molecule has 6 heteroatoms. The van der Waals surface area contributed by atoms with Crippen LogP contribution in [0.4, 0.5) is 5.69 Å². The molecule has 0 amide bonds. The van der Waals surface area contributed by atoms with E-state index in [4.69, 9.17) is 21.9 Å². The molecule has 5 aromatic rings. The van der Waals surface area contributed by atoms with E-state index in [-0.39, 0.29) is 12.1 Å². The van der Waals surface area contributed by atoms with Crippen LogP contribution in [-0.2, 0) is 0 Å². The Hall–Kier alpha value is -4.42. The van der Waals surface area contributed by atoms with Crippen molar-refractivity contribution in [1.82, 2.24) is 14.9 Å². The second kappa shape index (κ2) is 10.4. The molecule has 0 saturated carbocycles. The van der Waals surface area contributed by atoms with Crippen LogP contribution < -0.4 is 15.0 Å². The Morgan fingerprint density at radius 2 is 1.44 bits per heavy atom. The molecule has 5 nitrogen and oxygen atoms in total. The van der Waals surface area contributed by atoms with Gasteiger partial charge in [0.2, 0.25) is 0 Å². The van der Waals surface area contributed by atoms with Crippen molar-refractivity contribution >= 4 is 23.0 Å². The first kappa shape index (κ1) is 24.9. The van der Waals surface area contributed by atoms with Crippen molar-refractivity contribution in [2.75, 3.05) is 4.90 Å². The summed E-state index contributed by atoms with van der Waals surface area (Å²) < 4.78 is 8.40. The minimum Gasteiger partial charge on any atom is -0.457 e. The molecule has 194 valence electrons. The van der Waals surface area contributed by atoms with Gasteiger partial charge >= 0.3 is 0 Å². The molecule has 3 aromatic carbocycles. The fourth-order valence-corrected chi connectivity index (χ4v) is 5.77. The molecule has 0 aliphatic carbocycles. The van der Waals surface area contributed by atoms with Gasteiger partial charge in [-0.2, -0.15) is 0 Å². The number of anilines is 1. The van der Waals surface area contributed by atoms with Gasteiger partial charge in [-0.25, -0.2) is 0 Å². The number of para-hydroxylation sites is 1. The minimum atomic E-state index is -0.105. The largest absolute Gasteiger partial charge is 0.457 e. The molecule has 1 fully saturated rings. The highest BCUT2D eigenvalue weighted by atomic mass is 32.1. The molecule has 3 heterocycles. The number of ether oxygens (including phenoxy) is 1. The molecule has 6 rings (SSSR count). The summed E-state index contributed by atoms with van der Waals surface area (Å²) in [5, 5.41) is 4.25. The first-order chi connectivity index (χ1) is 19.0. The van der Waals surface area contributed by atoms with Crippen LogP contribution in [0.5, 0.6) is 11.5 Å². The van der Waals surface area contributed by atoms with Crippen LogP contribution in [0.3, 0.4) is 0 Å². The quantitative estimate of drug-likeness (QED) is 0.227. The number of nitrogens with one attached hydrogen (secondary N) is 1. The van der Waals surface area contributed by atoms with E-state index in [1.165, 1.54) is 22.5 Å². The van der Waals surface area contributed by atoms with Gasteiger partial charge < -0.3 is 19.5 Å². The Morgan fingerprint density at radius 1 is 0.769 bits per heavy atom. The summed E-state index contributed by atoms with van der Waals surface area (Å²) >= 11 is 5.95. The molecule has 0 bridgehead atoms. The molecule has 1 aliphatic rings. The van der Waals surface area contributed by atoms with Crippen LogP contribution >= 0.6 is 12.2 Å². The molecule has 2 unspecified atom stereocenters. The SMILES string of the molecule is Cc1ccc(Oc2ccc(N3C(=S)NC(c4ccccn4)C3c3cc(C)n(-c4ccccc4)c3C)cc2)cc1. The zero-order valence-electron chi connectivity index (χ0n) is 22.2. The molecule has 39 heavy (non-hydrogen) atoms. The average molecular weight is 531 g/mol. The third kappa shape index (κ3) is 4.79. The van der Waals surface area contributed by atoms with Gasteiger partial charge in [-0.05, 0) is 105 Å². The second-order valence-corrected chi connectivity index (χ2v) is 10.3. The summed E-state index contributed by atoms with van der Waals surface area (Å²) in [6, 6.07) is 34.8. The Balaban J connectivity index is 1.40. The van der Waals surface area contributed by atoms with Crippen LogP contribution in [-0.4, -0.2) is 14.7 Å². The lowest BCUT2D eigenvalue weighted by Crippen LogP contribution is -2.29. The summed E-state index contributed by atoms with van der Waals surface area (Å²) in [6.07, 6.45) is 1.84. The fourth-order valence-electron chi connectivity index (χ4n) is 5.43. The van der Waals surface area contributed by atoms with E-state index < -0.39 is 0 Å². The standard InChI is InChI=1S/C33H30N4OS/c1-22-12-16-27(17-13-22)38-28-18-14-26(15-19-28)37-32(31(35-33(37)39)30-11-7-8-20-34-30)29-21-23(2)36(24(29)3)25-9-5-4-6-10-25/h4-21,31-32H,1-3H3,(H,35,39). The maximum Gasteiger partial charge on any atom is 0.174 e. The van der Waals surface area contributed by atoms with Crippen molar-refractivity contribution in [3.63, 3.8) is 0 Å². The topological polar surface area (TPSA) is 42.3 Å². The Bertz CT molecular complexity index is 1600. The van der Waals surface area contributed by atoms with Crippen molar-refractivity contribution in [3.05, 3.63) is 138 Å². The highest BCUT2D eigenvalue weighted by molar-refractivity contribution is 7.80. The molecule has 2 atom stereocenters. The average Bonchev–Trinajstić information content (AvgIpc) is 3.46. The summed E-state index contributed by atoms with van der Waals surface area (Å²) in [6.45, 7) is 6.40. The molecular formula is C33H30N4OS. The monoisotopic (exact) mass is 530 g/mol. The maximum absolute atomic E-state index is 6.09. The highest BCUT2D eigenvalue weighted by Gasteiger charge is 2.42. The van der Waals surface area contributed by atoms with E-state index in [9.17, 15) is 0 Å². The maximum atomic E-state index is 6.09. The summed E-state index contributed by atoms with van der Waals surface area (Å²) in [4.78, 5) is 6.92. The number of pyridine rings is 1. The predicted octanol–water partition coefficient (Wildman–Crippen LogP) is 7.77. The summed E-state index contributed by atoms with van der Waals surface area (Å²) in [5.41, 5.74) is 7.86. The first-order valence-electron chi connectivity index (χ1n) is 13.1. The summed E-state index contributed by atoms with van der Waals surface area (Å²) in [7, 11) is 0. The van der Waals surface area contributed by atoms with Gasteiger partial charge in [0.25, 0.3) is 0 Å². The predicted molar refractivity (Wildman–Crippen MR) is 161 cm³/mol. The van der Waals surface area contributed by atoms with Crippen LogP contribution in [0.15, 0.2) is 109 Å². The molecule has 0 radical (unpaired) electrons. The van der Waals surface area contributed by atoms with E-state index >= 15 is 0 Å². The van der Waals surface area contributed by atoms with Crippen molar-refractivity contribution < 1.29 is 4.74 Å². The third-order valence-corrected chi connectivity index (χ3v) is 7.59. The number of aryl methyl sites for hydroxylation is 2. The number of nitrogens with zero attached hydrogens (tertiary/aromatic N) is 3. The molecular weight excluding hydrogens is 500 g/mol. The first-order valence-corrected chi connectivity index (χ1v) is 13.5. The Morgan fingerprint density at radius 3 is 2.10 bits per heavy atom. The zero-order valence-corrected chi connectivity index (χ0v) is 23.0. The van der Waals surface area contributed by atoms with E-state index in [1.54, 1.807) is 0 Å². The van der Waals surface area contributed by atoms with Crippen LogP contribution in [0, 0.1) is 20.8 Å². The number of benzene rings is 3. The van der Waals surface area contributed by atoms with E-state index in [1.807, 2.05) is 60.8 Å². The van der Waals surface area contributed by atoms with Crippen LogP contribution in [0.1, 0.15) is 40.3 Å².